The highest BCUT2D eigenvalue weighted by Gasteiger charge is 2.22. The molecule has 19 heavy (non-hydrogen) atoms. The van der Waals surface area contributed by atoms with Gasteiger partial charge in [-0.1, -0.05) is 18.2 Å². The number of hydrogen-bond acceptors (Lipinski definition) is 4. The van der Waals surface area contributed by atoms with E-state index in [2.05, 4.69) is 10.6 Å². The molecule has 1 saturated heterocycles. The maximum Gasteiger partial charge on any atom is 0.274 e. The number of para-hydroxylation sites is 1. The Hall–Kier alpha value is -1.66. The Kier molecular flexibility index (Phi) is 5.72. The smallest absolute Gasteiger partial charge is 0.274 e. The van der Waals surface area contributed by atoms with Gasteiger partial charge in [0.15, 0.2) is 0 Å². The number of amides is 1. The number of carbonyl (C=O) groups is 1. The maximum absolute atomic E-state index is 11.8. The summed E-state index contributed by atoms with van der Waals surface area (Å²) in [6, 6.07) is 6.44. The van der Waals surface area contributed by atoms with Crippen LogP contribution in [0.25, 0.3) is 0 Å². The van der Waals surface area contributed by atoms with E-state index in [0.29, 0.717) is 12.1 Å². The lowest BCUT2D eigenvalue weighted by atomic mass is 10.1. The van der Waals surface area contributed by atoms with Gasteiger partial charge < -0.3 is 10.6 Å². The second-order valence-corrected chi connectivity index (χ2v) is 4.29. The van der Waals surface area contributed by atoms with Gasteiger partial charge in [0.1, 0.15) is 0 Å². The van der Waals surface area contributed by atoms with Gasteiger partial charge in [-0.25, -0.2) is 0 Å². The number of hydrogen-bond donors (Lipinski definition) is 2. The third-order valence-corrected chi connectivity index (χ3v) is 3.07. The number of rotatable bonds is 4. The molecule has 7 heteroatoms. The lowest BCUT2D eigenvalue weighted by Crippen LogP contribution is -2.31. The third kappa shape index (κ3) is 3.90. The van der Waals surface area contributed by atoms with Crippen LogP contribution in [-0.2, 0) is 11.3 Å². The van der Waals surface area contributed by atoms with Gasteiger partial charge in [0.2, 0.25) is 5.91 Å². The molecule has 1 heterocycles. The molecular formula is C12H16ClN3O3. The van der Waals surface area contributed by atoms with Crippen LogP contribution in [-0.4, -0.2) is 23.9 Å². The van der Waals surface area contributed by atoms with Crippen molar-refractivity contribution in [1.82, 2.24) is 10.6 Å². The largest absolute Gasteiger partial charge is 0.351 e. The van der Waals surface area contributed by atoms with Gasteiger partial charge in [0, 0.05) is 24.7 Å². The van der Waals surface area contributed by atoms with Gasteiger partial charge in [0.05, 0.1) is 10.8 Å². The van der Waals surface area contributed by atoms with Gasteiger partial charge in [-0.3, -0.25) is 14.9 Å². The molecule has 0 radical (unpaired) electrons. The Morgan fingerprint density at radius 2 is 2.21 bits per heavy atom. The van der Waals surface area contributed by atoms with Crippen LogP contribution in [0, 0.1) is 16.0 Å². The Bertz CT molecular complexity index is 461. The van der Waals surface area contributed by atoms with Crippen molar-refractivity contribution in [2.45, 2.75) is 13.0 Å². The standard InChI is InChI=1S/C12H15N3O3.ClH/c16-12(10-5-6-13-7-10)14-8-9-3-1-2-4-11(9)15(17)18;/h1-4,10,13H,5-8H2,(H,14,16);1H. The monoisotopic (exact) mass is 285 g/mol. The first-order chi connectivity index (χ1) is 8.68. The van der Waals surface area contributed by atoms with Crippen LogP contribution in [0.15, 0.2) is 24.3 Å². The van der Waals surface area contributed by atoms with Crippen LogP contribution in [0.1, 0.15) is 12.0 Å². The molecule has 1 atom stereocenters. The number of benzene rings is 1. The van der Waals surface area contributed by atoms with Crippen LogP contribution < -0.4 is 10.6 Å². The average molecular weight is 286 g/mol. The van der Waals surface area contributed by atoms with E-state index in [1.807, 2.05) is 0 Å². The Labute approximate surface area is 117 Å². The number of nitro benzene ring substituents is 1. The zero-order valence-corrected chi connectivity index (χ0v) is 11.1. The normalized spacial score (nSPS) is 17.6. The van der Waals surface area contributed by atoms with Crippen molar-refractivity contribution in [2.24, 2.45) is 5.92 Å². The van der Waals surface area contributed by atoms with Crippen LogP contribution in [0.5, 0.6) is 0 Å². The molecule has 1 fully saturated rings. The minimum atomic E-state index is -0.432. The molecule has 1 aliphatic rings. The van der Waals surface area contributed by atoms with Crippen molar-refractivity contribution in [3.8, 4) is 0 Å². The maximum atomic E-state index is 11.8. The molecule has 0 bridgehead atoms. The van der Waals surface area contributed by atoms with E-state index in [4.69, 9.17) is 0 Å². The second-order valence-electron chi connectivity index (χ2n) is 4.29. The van der Waals surface area contributed by atoms with E-state index in [-0.39, 0.29) is 36.5 Å². The first kappa shape index (κ1) is 15.4. The molecule has 1 aromatic rings. The van der Waals surface area contributed by atoms with Crippen molar-refractivity contribution in [2.75, 3.05) is 13.1 Å². The van der Waals surface area contributed by atoms with Crippen molar-refractivity contribution < 1.29 is 9.72 Å². The van der Waals surface area contributed by atoms with E-state index < -0.39 is 4.92 Å². The highest BCUT2D eigenvalue weighted by molar-refractivity contribution is 5.85. The summed E-state index contributed by atoms with van der Waals surface area (Å²) >= 11 is 0. The molecule has 2 N–H and O–H groups in total. The minimum Gasteiger partial charge on any atom is -0.351 e. The van der Waals surface area contributed by atoms with Gasteiger partial charge >= 0.3 is 0 Å². The van der Waals surface area contributed by atoms with Gasteiger partial charge in [-0.05, 0) is 13.0 Å². The molecular weight excluding hydrogens is 270 g/mol. The number of carbonyl (C=O) groups excluding carboxylic acids is 1. The third-order valence-electron chi connectivity index (χ3n) is 3.07. The summed E-state index contributed by atoms with van der Waals surface area (Å²) in [5.41, 5.74) is 0.573. The Morgan fingerprint density at radius 1 is 1.47 bits per heavy atom. The molecule has 1 aromatic carbocycles. The summed E-state index contributed by atoms with van der Waals surface area (Å²) in [5.74, 6) is -0.0640. The fraction of sp³-hybridized carbons (Fsp3) is 0.417. The lowest BCUT2D eigenvalue weighted by molar-refractivity contribution is -0.385. The summed E-state index contributed by atoms with van der Waals surface area (Å²) in [6.45, 7) is 1.73. The molecule has 1 aliphatic heterocycles. The topological polar surface area (TPSA) is 84.3 Å². The van der Waals surface area contributed by atoms with Crippen molar-refractivity contribution in [1.29, 1.82) is 0 Å². The van der Waals surface area contributed by atoms with E-state index in [1.165, 1.54) is 6.07 Å². The predicted octanol–water partition coefficient (Wildman–Crippen LogP) is 1.24. The van der Waals surface area contributed by atoms with Crippen LogP contribution in [0.2, 0.25) is 0 Å². The minimum absolute atomic E-state index is 0. The summed E-state index contributed by atoms with van der Waals surface area (Å²) < 4.78 is 0. The molecule has 0 aliphatic carbocycles. The second kappa shape index (κ2) is 7.06. The Balaban J connectivity index is 0.00000180. The summed E-state index contributed by atoms with van der Waals surface area (Å²) in [7, 11) is 0. The fourth-order valence-electron chi connectivity index (χ4n) is 2.04. The summed E-state index contributed by atoms with van der Waals surface area (Å²) in [5, 5.41) is 16.7. The lowest BCUT2D eigenvalue weighted by Gasteiger charge is -2.09. The molecule has 0 aromatic heterocycles. The number of nitrogens with one attached hydrogen (secondary N) is 2. The SMILES string of the molecule is Cl.O=C(NCc1ccccc1[N+](=O)[O-])C1CCNC1. The number of nitro groups is 1. The van der Waals surface area contributed by atoms with E-state index >= 15 is 0 Å². The van der Waals surface area contributed by atoms with E-state index in [9.17, 15) is 14.9 Å². The Morgan fingerprint density at radius 3 is 2.84 bits per heavy atom. The van der Waals surface area contributed by atoms with Crippen molar-refractivity contribution in [3.05, 3.63) is 39.9 Å². The highest BCUT2D eigenvalue weighted by Crippen LogP contribution is 2.17. The number of halogens is 1. The van der Waals surface area contributed by atoms with Gasteiger partial charge in [-0.15, -0.1) is 12.4 Å². The molecule has 1 amide bonds. The zero-order valence-electron chi connectivity index (χ0n) is 10.3. The molecule has 1 unspecified atom stereocenters. The predicted molar refractivity (Wildman–Crippen MR) is 73.2 cm³/mol. The van der Waals surface area contributed by atoms with Gasteiger partial charge in [0.25, 0.3) is 5.69 Å². The summed E-state index contributed by atoms with van der Waals surface area (Å²) in [4.78, 5) is 22.2. The quantitative estimate of drug-likeness (QED) is 0.644. The van der Waals surface area contributed by atoms with Crippen molar-refractivity contribution in [3.63, 3.8) is 0 Å². The van der Waals surface area contributed by atoms with Crippen LogP contribution in [0.4, 0.5) is 5.69 Å². The molecule has 104 valence electrons. The molecule has 2 rings (SSSR count). The van der Waals surface area contributed by atoms with E-state index in [1.54, 1.807) is 18.2 Å². The molecule has 0 saturated carbocycles. The fourth-order valence-corrected chi connectivity index (χ4v) is 2.04. The first-order valence-electron chi connectivity index (χ1n) is 5.89. The average Bonchev–Trinajstić information content (AvgIpc) is 2.90. The first-order valence-corrected chi connectivity index (χ1v) is 5.89. The van der Waals surface area contributed by atoms with Gasteiger partial charge in [-0.2, -0.15) is 0 Å². The summed E-state index contributed by atoms with van der Waals surface area (Å²) in [6.07, 6.45) is 0.822. The highest BCUT2D eigenvalue weighted by atomic mass is 35.5. The van der Waals surface area contributed by atoms with E-state index in [0.717, 1.165) is 13.0 Å². The molecule has 0 spiro atoms. The zero-order chi connectivity index (χ0) is 13.0. The number of nitrogens with zero attached hydrogens (tertiary/aromatic N) is 1. The van der Waals surface area contributed by atoms with Crippen molar-refractivity contribution >= 4 is 24.0 Å². The van der Waals surface area contributed by atoms with Crippen LogP contribution in [0.3, 0.4) is 0 Å². The molecule has 6 nitrogen and oxygen atoms in total. The van der Waals surface area contributed by atoms with Crippen LogP contribution >= 0.6 is 12.4 Å².